The van der Waals surface area contributed by atoms with Crippen LogP contribution in [0.15, 0.2) is 0 Å². The Hall–Kier alpha value is -0.570. The van der Waals surface area contributed by atoms with Crippen molar-refractivity contribution < 1.29 is 4.79 Å². The lowest BCUT2D eigenvalue weighted by molar-refractivity contribution is -0.123. The molecule has 0 spiro atoms. The first-order valence-corrected chi connectivity index (χ1v) is 5.14. The monoisotopic (exact) mass is 184 g/mol. The standard InChI is InChI=1S/C10H20N2O/c1-7(2)9(11)10(13)12-6-8-4-3-5-8/h7-9H,3-6,11H2,1-2H3,(H,12,13). The summed E-state index contributed by atoms with van der Waals surface area (Å²) in [6.45, 7) is 4.75. The number of hydrogen-bond donors (Lipinski definition) is 2. The molecule has 1 unspecified atom stereocenters. The first-order valence-electron chi connectivity index (χ1n) is 5.14. The molecule has 3 nitrogen and oxygen atoms in total. The lowest BCUT2D eigenvalue weighted by Crippen LogP contribution is -2.45. The van der Waals surface area contributed by atoms with Crippen molar-refractivity contribution in [1.82, 2.24) is 5.32 Å². The maximum atomic E-state index is 11.4. The molecule has 0 radical (unpaired) electrons. The molecule has 0 aromatic heterocycles. The van der Waals surface area contributed by atoms with Crippen LogP contribution in [0.3, 0.4) is 0 Å². The summed E-state index contributed by atoms with van der Waals surface area (Å²) in [6.07, 6.45) is 3.84. The molecule has 0 aliphatic heterocycles. The maximum absolute atomic E-state index is 11.4. The van der Waals surface area contributed by atoms with Crippen molar-refractivity contribution in [3.63, 3.8) is 0 Å². The van der Waals surface area contributed by atoms with Crippen molar-refractivity contribution >= 4 is 5.91 Å². The average Bonchev–Trinajstić information content (AvgIpc) is 1.99. The van der Waals surface area contributed by atoms with Crippen molar-refractivity contribution in [2.45, 2.75) is 39.2 Å². The number of amides is 1. The van der Waals surface area contributed by atoms with E-state index in [-0.39, 0.29) is 17.9 Å². The maximum Gasteiger partial charge on any atom is 0.237 e. The van der Waals surface area contributed by atoms with E-state index in [0.29, 0.717) is 5.92 Å². The summed E-state index contributed by atoms with van der Waals surface area (Å²) in [4.78, 5) is 11.4. The van der Waals surface area contributed by atoms with Crippen molar-refractivity contribution in [2.75, 3.05) is 6.54 Å². The number of rotatable bonds is 4. The van der Waals surface area contributed by atoms with Gasteiger partial charge in [0.15, 0.2) is 0 Å². The van der Waals surface area contributed by atoms with Gasteiger partial charge in [0.25, 0.3) is 0 Å². The normalized spacial score (nSPS) is 19.7. The van der Waals surface area contributed by atoms with Crippen LogP contribution in [0.2, 0.25) is 0 Å². The molecular formula is C10H20N2O. The molecule has 0 heterocycles. The third-order valence-corrected chi connectivity index (χ3v) is 2.81. The highest BCUT2D eigenvalue weighted by atomic mass is 16.2. The molecule has 3 heteroatoms. The van der Waals surface area contributed by atoms with E-state index in [0.717, 1.165) is 6.54 Å². The number of carbonyl (C=O) groups excluding carboxylic acids is 1. The van der Waals surface area contributed by atoms with Gasteiger partial charge >= 0.3 is 0 Å². The summed E-state index contributed by atoms with van der Waals surface area (Å²) in [6, 6.07) is -0.347. The Bertz CT molecular complexity index is 176. The van der Waals surface area contributed by atoms with Crippen LogP contribution in [0.1, 0.15) is 33.1 Å². The summed E-state index contributed by atoms with van der Waals surface area (Å²) < 4.78 is 0. The van der Waals surface area contributed by atoms with E-state index in [4.69, 9.17) is 5.73 Å². The van der Waals surface area contributed by atoms with E-state index < -0.39 is 0 Å². The zero-order valence-corrected chi connectivity index (χ0v) is 8.55. The molecule has 3 N–H and O–H groups in total. The van der Waals surface area contributed by atoms with Gasteiger partial charge in [-0.25, -0.2) is 0 Å². The fourth-order valence-corrected chi connectivity index (χ4v) is 1.36. The molecule has 1 atom stereocenters. The molecule has 1 aliphatic rings. The fourth-order valence-electron chi connectivity index (χ4n) is 1.36. The van der Waals surface area contributed by atoms with Gasteiger partial charge in [-0.1, -0.05) is 20.3 Å². The van der Waals surface area contributed by atoms with Gasteiger partial charge in [-0.05, 0) is 24.7 Å². The zero-order valence-electron chi connectivity index (χ0n) is 8.55. The van der Waals surface area contributed by atoms with Gasteiger partial charge < -0.3 is 11.1 Å². The molecule has 0 saturated heterocycles. The molecule has 1 saturated carbocycles. The molecule has 0 aromatic rings. The Balaban J connectivity index is 2.16. The highest BCUT2D eigenvalue weighted by Crippen LogP contribution is 2.25. The molecule has 0 bridgehead atoms. The Morgan fingerprint density at radius 2 is 2.15 bits per heavy atom. The average molecular weight is 184 g/mol. The van der Waals surface area contributed by atoms with Crippen LogP contribution in [0.25, 0.3) is 0 Å². The third-order valence-electron chi connectivity index (χ3n) is 2.81. The smallest absolute Gasteiger partial charge is 0.237 e. The predicted octanol–water partition coefficient (Wildman–Crippen LogP) is 0.886. The van der Waals surface area contributed by atoms with Gasteiger partial charge in [0.05, 0.1) is 6.04 Å². The minimum Gasteiger partial charge on any atom is -0.354 e. The second-order valence-corrected chi connectivity index (χ2v) is 4.31. The van der Waals surface area contributed by atoms with E-state index in [1.54, 1.807) is 0 Å². The highest BCUT2D eigenvalue weighted by molar-refractivity contribution is 5.81. The summed E-state index contributed by atoms with van der Waals surface area (Å²) in [5.74, 6) is 0.937. The summed E-state index contributed by atoms with van der Waals surface area (Å²) >= 11 is 0. The van der Waals surface area contributed by atoms with E-state index in [1.165, 1.54) is 19.3 Å². The van der Waals surface area contributed by atoms with Crippen LogP contribution in [-0.2, 0) is 4.79 Å². The van der Waals surface area contributed by atoms with Crippen molar-refractivity contribution in [3.05, 3.63) is 0 Å². The van der Waals surface area contributed by atoms with Crippen molar-refractivity contribution in [1.29, 1.82) is 0 Å². The van der Waals surface area contributed by atoms with Gasteiger partial charge in [0.1, 0.15) is 0 Å². The topological polar surface area (TPSA) is 55.1 Å². The van der Waals surface area contributed by atoms with Crippen LogP contribution in [-0.4, -0.2) is 18.5 Å². The number of nitrogens with one attached hydrogen (secondary N) is 1. The first-order chi connectivity index (χ1) is 6.11. The molecule has 13 heavy (non-hydrogen) atoms. The van der Waals surface area contributed by atoms with Crippen LogP contribution in [0, 0.1) is 11.8 Å². The van der Waals surface area contributed by atoms with E-state index in [9.17, 15) is 4.79 Å². The summed E-state index contributed by atoms with van der Waals surface area (Å²) in [5, 5.41) is 2.90. The van der Waals surface area contributed by atoms with Crippen LogP contribution >= 0.6 is 0 Å². The van der Waals surface area contributed by atoms with Gasteiger partial charge in [0.2, 0.25) is 5.91 Å². The van der Waals surface area contributed by atoms with E-state index >= 15 is 0 Å². The summed E-state index contributed by atoms with van der Waals surface area (Å²) in [5.41, 5.74) is 5.69. The lowest BCUT2D eigenvalue weighted by atomic mass is 9.85. The second-order valence-electron chi connectivity index (χ2n) is 4.31. The number of nitrogens with two attached hydrogens (primary N) is 1. The molecule has 0 aromatic carbocycles. The van der Waals surface area contributed by atoms with Crippen LogP contribution < -0.4 is 11.1 Å². The van der Waals surface area contributed by atoms with Crippen molar-refractivity contribution in [2.24, 2.45) is 17.6 Å². The Kier molecular flexibility index (Phi) is 3.72. The van der Waals surface area contributed by atoms with Crippen LogP contribution in [0.4, 0.5) is 0 Å². The Labute approximate surface area is 80.1 Å². The molecule has 1 fully saturated rings. The zero-order chi connectivity index (χ0) is 9.84. The first kappa shape index (κ1) is 10.5. The number of hydrogen-bond acceptors (Lipinski definition) is 2. The third kappa shape index (κ3) is 2.99. The molecule has 1 amide bonds. The predicted molar refractivity (Wildman–Crippen MR) is 53.2 cm³/mol. The largest absolute Gasteiger partial charge is 0.354 e. The lowest BCUT2D eigenvalue weighted by Gasteiger charge is -2.26. The Morgan fingerprint density at radius 1 is 1.54 bits per heavy atom. The highest BCUT2D eigenvalue weighted by Gasteiger charge is 2.21. The van der Waals surface area contributed by atoms with E-state index in [2.05, 4.69) is 5.32 Å². The molecule has 1 aliphatic carbocycles. The molecule has 1 rings (SSSR count). The quantitative estimate of drug-likeness (QED) is 0.681. The van der Waals surface area contributed by atoms with Gasteiger partial charge in [-0.15, -0.1) is 0 Å². The van der Waals surface area contributed by atoms with Crippen LogP contribution in [0.5, 0.6) is 0 Å². The Morgan fingerprint density at radius 3 is 2.54 bits per heavy atom. The minimum atomic E-state index is -0.347. The molecule has 76 valence electrons. The fraction of sp³-hybridized carbons (Fsp3) is 0.900. The number of carbonyl (C=O) groups is 1. The van der Waals surface area contributed by atoms with E-state index in [1.807, 2.05) is 13.8 Å². The SMILES string of the molecule is CC(C)C(N)C(=O)NCC1CCC1. The van der Waals surface area contributed by atoms with Crippen molar-refractivity contribution in [3.8, 4) is 0 Å². The minimum absolute atomic E-state index is 0.00176. The summed E-state index contributed by atoms with van der Waals surface area (Å²) in [7, 11) is 0. The van der Waals surface area contributed by atoms with Gasteiger partial charge in [-0.3, -0.25) is 4.79 Å². The van der Waals surface area contributed by atoms with Gasteiger partial charge in [-0.2, -0.15) is 0 Å². The van der Waals surface area contributed by atoms with Gasteiger partial charge in [0, 0.05) is 6.54 Å². The second kappa shape index (κ2) is 4.61. The molecular weight excluding hydrogens is 164 g/mol.